The second-order valence-corrected chi connectivity index (χ2v) is 6.83. The Kier molecular flexibility index (Phi) is 6.56. The highest BCUT2D eigenvalue weighted by molar-refractivity contribution is 7.80. The van der Waals surface area contributed by atoms with E-state index in [4.69, 9.17) is 44.9 Å². The third-order valence-corrected chi connectivity index (χ3v) is 4.71. The Morgan fingerprint density at radius 3 is 2.54 bits per heavy atom. The number of benzene rings is 2. The van der Waals surface area contributed by atoms with Gasteiger partial charge in [0, 0.05) is 21.7 Å². The third kappa shape index (κ3) is 4.83. The Balaban J connectivity index is 1.68. The zero-order valence-electron chi connectivity index (χ0n) is 15.1. The molecule has 0 amide bonds. The Morgan fingerprint density at radius 1 is 1.11 bits per heavy atom. The molecule has 0 aliphatic heterocycles. The van der Waals surface area contributed by atoms with Crippen molar-refractivity contribution >= 4 is 52.2 Å². The van der Waals surface area contributed by atoms with Crippen molar-refractivity contribution in [3.05, 3.63) is 58.3 Å². The first kappa shape index (κ1) is 20.2. The van der Waals surface area contributed by atoms with Crippen LogP contribution in [0.2, 0.25) is 10.0 Å². The molecule has 0 saturated carbocycles. The minimum absolute atomic E-state index is 0.306. The van der Waals surface area contributed by atoms with Crippen LogP contribution in [0.3, 0.4) is 0 Å². The zero-order valence-corrected chi connectivity index (χ0v) is 17.4. The topological polar surface area (TPSA) is 73.2 Å². The lowest BCUT2D eigenvalue weighted by molar-refractivity contribution is 0.405. The molecular weight excluding hydrogens is 421 g/mol. The molecule has 0 fully saturated rings. The van der Waals surface area contributed by atoms with Crippen molar-refractivity contribution in [2.24, 2.45) is 0 Å². The predicted molar refractivity (Wildman–Crippen MR) is 115 cm³/mol. The van der Waals surface area contributed by atoms with E-state index in [-0.39, 0.29) is 0 Å². The van der Waals surface area contributed by atoms with Gasteiger partial charge in [0.05, 0.1) is 26.5 Å². The highest BCUT2D eigenvalue weighted by atomic mass is 35.5. The fourth-order valence-corrected chi connectivity index (χ4v) is 3.16. The van der Waals surface area contributed by atoms with E-state index >= 15 is 0 Å². The summed E-state index contributed by atoms with van der Waals surface area (Å²) in [6, 6.07) is 10.7. The van der Waals surface area contributed by atoms with Crippen molar-refractivity contribution in [1.29, 1.82) is 0 Å². The Hall–Kier alpha value is -2.55. The van der Waals surface area contributed by atoms with Crippen LogP contribution >= 0.6 is 35.4 Å². The van der Waals surface area contributed by atoms with Gasteiger partial charge in [-0.25, -0.2) is 9.67 Å². The van der Waals surface area contributed by atoms with Crippen LogP contribution in [-0.4, -0.2) is 34.1 Å². The minimum Gasteiger partial charge on any atom is -0.497 e. The van der Waals surface area contributed by atoms with E-state index in [9.17, 15) is 0 Å². The van der Waals surface area contributed by atoms with Crippen molar-refractivity contribution in [3.63, 3.8) is 0 Å². The summed E-state index contributed by atoms with van der Waals surface area (Å²) in [5.74, 6) is 1.63. The standard InChI is InChI=1S/C18H17Cl2N5O2S/c1-26-11-6-7-16(27-2)15(8-11)22-18(28)23-17-21-10-25(24-17)9-12-13(19)4-3-5-14(12)20/h3-8,10H,9H2,1-2H3,(H2,22,23,24,28). The van der Waals surface area contributed by atoms with Crippen LogP contribution in [0.1, 0.15) is 5.56 Å². The van der Waals surface area contributed by atoms with Crippen LogP contribution in [-0.2, 0) is 6.54 Å². The van der Waals surface area contributed by atoms with E-state index in [0.717, 1.165) is 5.56 Å². The summed E-state index contributed by atoms with van der Waals surface area (Å²) in [7, 11) is 3.16. The van der Waals surface area contributed by atoms with E-state index in [1.54, 1.807) is 61.6 Å². The second-order valence-electron chi connectivity index (χ2n) is 5.61. The zero-order chi connectivity index (χ0) is 20.1. The molecule has 2 aromatic carbocycles. The highest BCUT2D eigenvalue weighted by Gasteiger charge is 2.11. The maximum Gasteiger partial charge on any atom is 0.248 e. The van der Waals surface area contributed by atoms with E-state index in [0.29, 0.717) is 44.8 Å². The van der Waals surface area contributed by atoms with Gasteiger partial charge in [-0.05, 0) is 36.5 Å². The average molecular weight is 438 g/mol. The molecule has 0 aliphatic rings. The van der Waals surface area contributed by atoms with Gasteiger partial charge in [0.25, 0.3) is 0 Å². The number of rotatable bonds is 6. The molecule has 0 bridgehead atoms. The number of nitrogens with one attached hydrogen (secondary N) is 2. The fraction of sp³-hybridized carbons (Fsp3) is 0.167. The number of thiocarbonyl (C=S) groups is 1. The summed E-state index contributed by atoms with van der Waals surface area (Å²) >= 11 is 17.7. The number of hydrogen-bond donors (Lipinski definition) is 2. The van der Waals surface area contributed by atoms with Gasteiger partial charge in [-0.3, -0.25) is 5.32 Å². The molecule has 3 rings (SSSR count). The van der Waals surface area contributed by atoms with Crippen LogP contribution in [0, 0.1) is 0 Å². The van der Waals surface area contributed by atoms with Crippen LogP contribution in [0.4, 0.5) is 11.6 Å². The summed E-state index contributed by atoms with van der Waals surface area (Å²) in [5.41, 5.74) is 1.42. The normalized spacial score (nSPS) is 10.4. The molecule has 3 aromatic rings. The molecule has 7 nitrogen and oxygen atoms in total. The number of hydrogen-bond acceptors (Lipinski definition) is 5. The molecule has 0 atom stereocenters. The first-order chi connectivity index (χ1) is 13.5. The maximum absolute atomic E-state index is 6.20. The molecule has 2 N–H and O–H groups in total. The molecule has 28 heavy (non-hydrogen) atoms. The third-order valence-electron chi connectivity index (χ3n) is 3.80. The highest BCUT2D eigenvalue weighted by Crippen LogP contribution is 2.29. The molecule has 1 heterocycles. The van der Waals surface area contributed by atoms with Crippen LogP contribution in [0.5, 0.6) is 11.5 Å². The van der Waals surface area contributed by atoms with Crippen molar-refractivity contribution in [2.45, 2.75) is 6.54 Å². The molecule has 146 valence electrons. The number of anilines is 2. The Labute approximate surface area is 177 Å². The van der Waals surface area contributed by atoms with Crippen molar-refractivity contribution in [1.82, 2.24) is 14.8 Å². The Bertz CT molecular complexity index is 976. The van der Waals surface area contributed by atoms with Gasteiger partial charge in [0.1, 0.15) is 17.8 Å². The predicted octanol–water partition coefficient (Wildman–Crippen LogP) is 4.46. The first-order valence-corrected chi connectivity index (χ1v) is 9.29. The smallest absolute Gasteiger partial charge is 0.248 e. The van der Waals surface area contributed by atoms with Gasteiger partial charge in [0.15, 0.2) is 5.11 Å². The molecule has 1 aromatic heterocycles. The minimum atomic E-state index is 0.306. The van der Waals surface area contributed by atoms with Crippen molar-refractivity contribution < 1.29 is 9.47 Å². The monoisotopic (exact) mass is 437 g/mol. The SMILES string of the molecule is COc1ccc(OC)c(NC(=S)Nc2ncn(Cc3c(Cl)cccc3Cl)n2)c1. The van der Waals surface area contributed by atoms with E-state index < -0.39 is 0 Å². The molecule has 0 saturated heterocycles. The summed E-state index contributed by atoms with van der Waals surface area (Å²) in [6.07, 6.45) is 1.57. The largest absolute Gasteiger partial charge is 0.497 e. The second kappa shape index (κ2) is 9.09. The fourth-order valence-electron chi connectivity index (χ4n) is 2.44. The number of nitrogens with zero attached hydrogens (tertiary/aromatic N) is 3. The first-order valence-electron chi connectivity index (χ1n) is 8.12. The molecule has 0 aliphatic carbocycles. The molecule has 0 radical (unpaired) electrons. The average Bonchev–Trinajstić information content (AvgIpc) is 3.11. The van der Waals surface area contributed by atoms with Crippen molar-refractivity contribution in [2.75, 3.05) is 24.9 Å². The van der Waals surface area contributed by atoms with Gasteiger partial charge < -0.3 is 14.8 Å². The maximum atomic E-state index is 6.20. The number of ether oxygens (including phenoxy) is 2. The van der Waals surface area contributed by atoms with Gasteiger partial charge in [0.2, 0.25) is 5.95 Å². The molecular formula is C18H17Cl2N5O2S. The van der Waals surface area contributed by atoms with Crippen LogP contribution in [0.15, 0.2) is 42.7 Å². The lowest BCUT2D eigenvalue weighted by atomic mass is 10.2. The van der Waals surface area contributed by atoms with Gasteiger partial charge in [-0.15, -0.1) is 5.10 Å². The summed E-state index contributed by atoms with van der Waals surface area (Å²) < 4.78 is 12.2. The molecule has 0 spiro atoms. The lowest BCUT2D eigenvalue weighted by Gasteiger charge is -2.13. The van der Waals surface area contributed by atoms with Crippen molar-refractivity contribution in [3.8, 4) is 11.5 Å². The summed E-state index contributed by atoms with van der Waals surface area (Å²) in [6.45, 7) is 0.386. The number of methoxy groups -OCH3 is 2. The summed E-state index contributed by atoms with van der Waals surface area (Å²) in [4.78, 5) is 4.20. The van der Waals surface area contributed by atoms with E-state index in [2.05, 4.69) is 20.7 Å². The molecule has 10 heteroatoms. The number of aromatic nitrogens is 3. The van der Waals surface area contributed by atoms with Gasteiger partial charge in [-0.1, -0.05) is 29.3 Å². The quantitative estimate of drug-likeness (QED) is 0.551. The van der Waals surface area contributed by atoms with Crippen LogP contribution in [0.25, 0.3) is 0 Å². The Morgan fingerprint density at radius 2 is 1.86 bits per heavy atom. The van der Waals surface area contributed by atoms with Crippen LogP contribution < -0.4 is 20.1 Å². The number of halogens is 2. The van der Waals surface area contributed by atoms with E-state index in [1.165, 1.54) is 0 Å². The lowest BCUT2D eigenvalue weighted by Crippen LogP contribution is -2.20. The summed E-state index contributed by atoms with van der Waals surface area (Å²) in [5, 5.41) is 11.8. The van der Waals surface area contributed by atoms with E-state index in [1.807, 2.05) is 0 Å². The molecule has 0 unspecified atom stereocenters. The van der Waals surface area contributed by atoms with Gasteiger partial charge in [-0.2, -0.15) is 0 Å². The van der Waals surface area contributed by atoms with Gasteiger partial charge >= 0.3 is 0 Å².